The van der Waals surface area contributed by atoms with E-state index in [0.29, 0.717) is 31.5 Å². The molecule has 0 spiro atoms. The van der Waals surface area contributed by atoms with Gasteiger partial charge in [-0.2, -0.15) is 0 Å². The number of piperidine rings is 1. The topological polar surface area (TPSA) is 54.5 Å². The predicted molar refractivity (Wildman–Crippen MR) is 119 cm³/mol. The Morgan fingerprint density at radius 2 is 1.35 bits per heavy atom. The minimum absolute atomic E-state index is 0.0897. The van der Waals surface area contributed by atoms with Crippen molar-refractivity contribution < 1.29 is 17.6 Å². The molecular formula is C25H24FNO3S. The van der Waals surface area contributed by atoms with E-state index in [1.807, 2.05) is 31.2 Å². The van der Waals surface area contributed by atoms with Crippen molar-refractivity contribution in [3.8, 4) is 11.1 Å². The van der Waals surface area contributed by atoms with Crippen molar-refractivity contribution in [2.75, 3.05) is 13.1 Å². The standard InChI is InChI=1S/C25H24FNO3S/c1-18-2-4-19(5-3-18)20-6-8-21(9-7-20)25(28)27-16-14-24(15-17-27)31(29,30)23-12-10-22(26)11-13-23/h2-13,24H,14-17H2,1H3. The van der Waals surface area contributed by atoms with Gasteiger partial charge < -0.3 is 4.90 Å². The maximum Gasteiger partial charge on any atom is 0.253 e. The maximum atomic E-state index is 13.1. The third-order valence-corrected chi connectivity index (χ3v) is 8.11. The summed E-state index contributed by atoms with van der Waals surface area (Å²) in [5, 5.41) is -0.564. The van der Waals surface area contributed by atoms with Crippen LogP contribution in [-0.2, 0) is 9.84 Å². The molecule has 0 atom stereocenters. The first-order chi connectivity index (χ1) is 14.8. The van der Waals surface area contributed by atoms with E-state index >= 15 is 0 Å². The summed E-state index contributed by atoms with van der Waals surface area (Å²) in [4.78, 5) is 14.7. The Kier molecular flexibility index (Phi) is 5.92. The second kappa shape index (κ2) is 8.63. The van der Waals surface area contributed by atoms with E-state index < -0.39 is 20.9 Å². The van der Waals surface area contributed by atoms with Gasteiger partial charge in [-0.25, -0.2) is 12.8 Å². The van der Waals surface area contributed by atoms with Gasteiger partial charge in [-0.1, -0.05) is 42.0 Å². The fourth-order valence-corrected chi connectivity index (χ4v) is 5.65. The number of likely N-dealkylation sites (tertiary alicyclic amines) is 1. The van der Waals surface area contributed by atoms with Crippen molar-refractivity contribution in [1.82, 2.24) is 4.90 Å². The van der Waals surface area contributed by atoms with Gasteiger partial charge in [0.05, 0.1) is 10.1 Å². The van der Waals surface area contributed by atoms with E-state index in [1.165, 1.54) is 17.7 Å². The van der Waals surface area contributed by atoms with Crippen LogP contribution in [0.25, 0.3) is 11.1 Å². The molecule has 1 saturated heterocycles. The van der Waals surface area contributed by atoms with E-state index in [9.17, 15) is 17.6 Å². The molecule has 0 bridgehead atoms. The van der Waals surface area contributed by atoms with Crippen LogP contribution in [0.5, 0.6) is 0 Å². The zero-order valence-corrected chi connectivity index (χ0v) is 18.1. The quantitative estimate of drug-likeness (QED) is 0.547. The lowest BCUT2D eigenvalue weighted by atomic mass is 10.0. The largest absolute Gasteiger partial charge is 0.339 e. The highest BCUT2D eigenvalue weighted by Crippen LogP contribution is 2.26. The number of carbonyl (C=O) groups excluding carboxylic acids is 1. The molecule has 4 nitrogen and oxygen atoms in total. The Morgan fingerprint density at radius 1 is 0.839 bits per heavy atom. The second-order valence-corrected chi connectivity index (χ2v) is 10.2. The van der Waals surface area contributed by atoms with Crippen molar-refractivity contribution in [3.05, 3.63) is 89.7 Å². The zero-order chi connectivity index (χ0) is 22.0. The van der Waals surface area contributed by atoms with E-state index in [-0.39, 0.29) is 10.8 Å². The Hall–Kier alpha value is -2.99. The number of hydrogen-bond donors (Lipinski definition) is 0. The van der Waals surface area contributed by atoms with Crippen LogP contribution in [0, 0.1) is 12.7 Å². The molecule has 1 aliphatic heterocycles. The average Bonchev–Trinajstić information content (AvgIpc) is 2.80. The van der Waals surface area contributed by atoms with Crippen molar-refractivity contribution in [2.24, 2.45) is 0 Å². The smallest absolute Gasteiger partial charge is 0.253 e. The van der Waals surface area contributed by atoms with E-state index in [2.05, 4.69) is 24.3 Å². The van der Waals surface area contributed by atoms with E-state index in [4.69, 9.17) is 0 Å². The van der Waals surface area contributed by atoms with Crippen LogP contribution < -0.4 is 0 Å². The van der Waals surface area contributed by atoms with Gasteiger partial charge in [-0.15, -0.1) is 0 Å². The van der Waals surface area contributed by atoms with Gasteiger partial charge >= 0.3 is 0 Å². The lowest BCUT2D eigenvalue weighted by Crippen LogP contribution is -2.42. The molecule has 3 aromatic rings. The van der Waals surface area contributed by atoms with Crippen LogP contribution >= 0.6 is 0 Å². The van der Waals surface area contributed by atoms with Crippen LogP contribution in [-0.4, -0.2) is 37.6 Å². The van der Waals surface area contributed by atoms with Crippen LogP contribution in [0.3, 0.4) is 0 Å². The normalized spacial score (nSPS) is 15.1. The van der Waals surface area contributed by atoms with Gasteiger partial charge in [0, 0.05) is 18.7 Å². The summed E-state index contributed by atoms with van der Waals surface area (Å²) in [5.41, 5.74) is 3.92. The molecule has 0 radical (unpaired) electrons. The number of carbonyl (C=O) groups is 1. The Bertz CT molecular complexity index is 1160. The number of aryl methyl sites for hydroxylation is 1. The molecule has 160 valence electrons. The van der Waals surface area contributed by atoms with Crippen molar-refractivity contribution in [2.45, 2.75) is 29.9 Å². The third-order valence-electron chi connectivity index (χ3n) is 5.83. The molecule has 0 aliphatic carbocycles. The van der Waals surface area contributed by atoms with Crippen molar-refractivity contribution in [3.63, 3.8) is 0 Å². The van der Waals surface area contributed by atoms with Gasteiger partial charge in [0.2, 0.25) is 0 Å². The molecule has 1 heterocycles. The SMILES string of the molecule is Cc1ccc(-c2ccc(C(=O)N3CCC(S(=O)(=O)c4ccc(F)cc4)CC3)cc2)cc1. The lowest BCUT2D eigenvalue weighted by Gasteiger charge is -2.32. The summed E-state index contributed by atoms with van der Waals surface area (Å²) >= 11 is 0. The molecule has 31 heavy (non-hydrogen) atoms. The van der Waals surface area contributed by atoms with Crippen LogP contribution in [0.15, 0.2) is 77.7 Å². The number of halogens is 1. The number of benzene rings is 3. The first-order valence-corrected chi connectivity index (χ1v) is 11.8. The fraction of sp³-hybridized carbons (Fsp3) is 0.240. The number of hydrogen-bond acceptors (Lipinski definition) is 3. The molecule has 0 aromatic heterocycles. The summed E-state index contributed by atoms with van der Waals surface area (Å²) in [6.07, 6.45) is 0.736. The second-order valence-electron chi connectivity index (χ2n) is 7.93. The van der Waals surface area contributed by atoms with Crippen LogP contribution in [0.2, 0.25) is 0 Å². The highest BCUT2D eigenvalue weighted by atomic mass is 32.2. The fourth-order valence-electron chi connectivity index (χ4n) is 3.92. The molecule has 0 N–H and O–H groups in total. The molecule has 0 saturated carbocycles. The summed E-state index contributed by atoms with van der Waals surface area (Å²) in [5.74, 6) is -0.555. The lowest BCUT2D eigenvalue weighted by molar-refractivity contribution is 0.0725. The highest BCUT2D eigenvalue weighted by Gasteiger charge is 2.33. The monoisotopic (exact) mass is 437 g/mol. The van der Waals surface area contributed by atoms with Crippen molar-refractivity contribution in [1.29, 1.82) is 0 Å². The van der Waals surface area contributed by atoms with Gasteiger partial charge in [0.1, 0.15) is 5.82 Å². The Labute approximate surface area is 182 Å². The molecule has 3 aromatic carbocycles. The summed E-state index contributed by atoms with van der Waals surface area (Å²) in [6.45, 7) is 2.80. The van der Waals surface area contributed by atoms with Crippen LogP contribution in [0.4, 0.5) is 4.39 Å². The Balaban J connectivity index is 1.41. The number of rotatable bonds is 4. The minimum Gasteiger partial charge on any atom is -0.339 e. The predicted octanol–water partition coefficient (Wildman–Crippen LogP) is 4.88. The van der Waals surface area contributed by atoms with Crippen LogP contribution in [0.1, 0.15) is 28.8 Å². The highest BCUT2D eigenvalue weighted by molar-refractivity contribution is 7.92. The number of amides is 1. The molecule has 6 heteroatoms. The molecule has 4 rings (SSSR count). The average molecular weight is 438 g/mol. The van der Waals surface area contributed by atoms with Gasteiger partial charge in [-0.05, 0) is 67.3 Å². The summed E-state index contributed by atoms with van der Waals surface area (Å²) in [7, 11) is -3.54. The van der Waals surface area contributed by atoms with Gasteiger partial charge in [0.15, 0.2) is 9.84 Å². The summed E-state index contributed by atoms with van der Waals surface area (Å²) in [6, 6.07) is 20.6. The summed E-state index contributed by atoms with van der Waals surface area (Å²) < 4.78 is 38.7. The molecule has 1 fully saturated rings. The molecule has 1 amide bonds. The van der Waals surface area contributed by atoms with Gasteiger partial charge in [-0.3, -0.25) is 4.79 Å². The number of sulfone groups is 1. The zero-order valence-electron chi connectivity index (χ0n) is 17.3. The van der Waals surface area contributed by atoms with Gasteiger partial charge in [0.25, 0.3) is 5.91 Å². The van der Waals surface area contributed by atoms with Crippen molar-refractivity contribution >= 4 is 15.7 Å². The van der Waals surface area contributed by atoms with E-state index in [0.717, 1.165) is 23.3 Å². The maximum absolute atomic E-state index is 13.1. The first-order valence-electron chi connectivity index (χ1n) is 10.3. The Morgan fingerprint density at radius 3 is 1.90 bits per heavy atom. The third kappa shape index (κ3) is 4.54. The minimum atomic E-state index is -3.54. The van der Waals surface area contributed by atoms with E-state index in [1.54, 1.807) is 4.90 Å². The molecular weight excluding hydrogens is 413 g/mol. The molecule has 1 aliphatic rings. The molecule has 0 unspecified atom stereocenters. The first kappa shape index (κ1) is 21.2. The number of nitrogens with zero attached hydrogens (tertiary/aromatic N) is 1.